The smallest absolute Gasteiger partial charge is 0.171 e. The third-order valence-electron chi connectivity index (χ3n) is 1.87. The molecule has 0 bridgehead atoms. The summed E-state index contributed by atoms with van der Waals surface area (Å²) < 4.78 is 11.0. The molecule has 3 heteroatoms. The van der Waals surface area contributed by atoms with Crippen molar-refractivity contribution in [1.82, 2.24) is 0 Å². The maximum atomic E-state index is 5.63. The molecule has 1 aliphatic heterocycles. The van der Waals surface area contributed by atoms with E-state index in [-0.39, 0.29) is 18.5 Å². The van der Waals surface area contributed by atoms with Crippen molar-refractivity contribution in [3.8, 4) is 0 Å². The van der Waals surface area contributed by atoms with E-state index in [1.54, 1.807) is 0 Å². The highest BCUT2D eigenvalue weighted by Gasteiger charge is 2.20. The zero-order valence-corrected chi connectivity index (χ0v) is 7.80. The van der Waals surface area contributed by atoms with Gasteiger partial charge in [0.05, 0.1) is 18.1 Å². The Bertz CT molecular complexity index is 107. The van der Waals surface area contributed by atoms with E-state index in [0.29, 0.717) is 5.88 Å². The highest BCUT2D eigenvalue weighted by atomic mass is 35.5. The van der Waals surface area contributed by atoms with Crippen molar-refractivity contribution in [3.63, 3.8) is 0 Å². The minimum Gasteiger partial charge on any atom is -0.348 e. The Labute approximate surface area is 72.8 Å². The molecule has 0 amide bonds. The normalized spacial score (nSPS) is 40.1. The van der Waals surface area contributed by atoms with E-state index in [1.165, 1.54) is 0 Å². The number of alkyl halides is 1. The van der Waals surface area contributed by atoms with Crippen LogP contribution in [0.4, 0.5) is 0 Å². The van der Waals surface area contributed by atoms with Gasteiger partial charge in [0, 0.05) is 0 Å². The van der Waals surface area contributed by atoms with Gasteiger partial charge < -0.3 is 9.47 Å². The molecule has 0 aromatic heterocycles. The van der Waals surface area contributed by atoms with Gasteiger partial charge in [-0.1, -0.05) is 0 Å². The van der Waals surface area contributed by atoms with Gasteiger partial charge in [-0.05, 0) is 26.7 Å². The quantitative estimate of drug-likeness (QED) is 0.573. The maximum Gasteiger partial charge on any atom is 0.171 e. The van der Waals surface area contributed by atoms with Gasteiger partial charge in [-0.2, -0.15) is 0 Å². The summed E-state index contributed by atoms with van der Waals surface area (Å²) in [6, 6.07) is 0. The summed E-state index contributed by atoms with van der Waals surface area (Å²) >= 11 is 5.63. The fourth-order valence-electron chi connectivity index (χ4n) is 1.23. The van der Waals surface area contributed by atoms with Crippen LogP contribution in [0.3, 0.4) is 0 Å². The van der Waals surface area contributed by atoms with Crippen LogP contribution in [0.25, 0.3) is 0 Å². The lowest BCUT2D eigenvalue weighted by Gasteiger charge is -2.17. The van der Waals surface area contributed by atoms with Crippen LogP contribution in [-0.2, 0) is 9.47 Å². The number of halogens is 1. The summed E-state index contributed by atoms with van der Waals surface area (Å²) in [6.45, 7) is 4.11. The molecule has 0 aromatic rings. The third kappa shape index (κ3) is 2.97. The minimum absolute atomic E-state index is 0.204. The third-order valence-corrected chi connectivity index (χ3v) is 2.13. The molecule has 2 atom stereocenters. The van der Waals surface area contributed by atoms with E-state index < -0.39 is 0 Å². The van der Waals surface area contributed by atoms with Gasteiger partial charge in [-0.15, -0.1) is 11.6 Å². The second-order valence-electron chi connectivity index (χ2n) is 3.05. The van der Waals surface area contributed by atoms with Gasteiger partial charge in [-0.25, -0.2) is 0 Å². The van der Waals surface area contributed by atoms with Gasteiger partial charge >= 0.3 is 0 Å². The molecule has 1 rings (SSSR count). The molecule has 1 fully saturated rings. The zero-order valence-electron chi connectivity index (χ0n) is 7.05. The van der Waals surface area contributed by atoms with E-state index in [1.807, 2.05) is 0 Å². The molecule has 66 valence electrons. The molecule has 1 heterocycles. The lowest BCUT2D eigenvalue weighted by molar-refractivity contribution is -0.154. The van der Waals surface area contributed by atoms with Gasteiger partial charge in [0.15, 0.2) is 6.29 Å². The monoisotopic (exact) mass is 178 g/mol. The van der Waals surface area contributed by atoms with Crippen LogP contribution < -0.4 is 0 Å². The van der Waals surface area contributed by atoms with Gasteiger partial charge in [0.25, 0.3) is 0 Å². The van der Waals surface area contributed by atoms with Crippen molar-refractivity contribution in [1.29, 1.82) is 0 Å². The molecular formula is C8H15ClO2. The van der Waals surface area contributed by atoms with E-state index >= 15 is 0 Å². The zero-order chi connectivity index (χ0) is 8.27. The van der Waals surface area contributed by atoms with Gasteiger partial charge in [-0.3, -0.25) is 0 Å². The van der Waals surface area contributed by atoms with Gasteiger partial charge in [0.2, 0.25) is 0 Å². The highest BCUT2D eigenvalue weighted by Crippen LogP contribution is 2.17. The average Bonchev–Trinajstić information content (AvgIpc) is 2.13. The topological polar surface area (TPSA) is 18.5 Å². The number of rotatable bonds is 1. The van der Waals surface area contributed by atoms with Crippen molar-refractivity contribution in [2.24, 2.45) is 0 Å². The molecule has 2 nitrogen and oxygen atoms in total. The predicted molar refractivity (Wildman–Crippen MR) is 44.8 cm³/mol. The lowest BCUT2D eigenvalue weighted by Crippen LogP contribution is -2.23. The van der Waals surface area contributed by atoms with E-state index in [9.17, 15) is 0 Å². The molecule has 0 aromatic carbocycles. The maximum absolute atomic E-state index is 5.63. The lowest BCUT2D eigenvalue weighted by atomic mass is 10.1. The largest absolute Gasteiger partial charge is 0.348 e. The molecule has 1 aliphatic rings. The SMILES string of the molecule is CC1CCC(C)OC(CCl)O1. The fraction of sp³-hybridized carbons (Fsp3) is 1.00. The fourth-order valence-corrected chi connectivity index (χ4v) is 1.37. The molecular weight excluding hydrogens is 164 g/mol. The first-order valence-electron chi connectivity index (χ1n) is 4.09. The van der Waals surface area contributed by atoms with E-state index in [4.69, 9.17) is 21.1 Å². The molecule has 0 spiro atoms. The van der Waals surface area contributed by atoms with Crippen molar-refractivity contribution >= 4 is 11.6 Å². The summed E-state index contributed by atoms with van der Waals surface area (Å²) in [5.74, 6) is 0.425. The predicted octanol–water partition coefficient (Wildman–Crippen LogP) is 2.16. The van der Waals surface area contributed by atoms with Crippen molar-refractivity contribution in [2.75, 3.05) is 5.88 Å². The highest BCUT2D eigenvalue weighted by molar-refractivity contribution is 6.18. The Morgan fingerprint density at radius 3 is 2.00 bits per heavy atom. The summed E-state index contributed by atoms with van der Waals surface area (Å²) in [6.07, 6.45) is 2.49. The Morgan fingerprint density at radius 1 is 1.18 bits per heavy atom. The second-order valence-corrected chi connectivity index (χ2v) is 3.36. The Hall–Kier alpha value is 0.210. The Morgan fingerprint density at radius 2 is 1.64 bits per heavy atom. The molecule has 2 unspecified atom stereocenters. The van der Waals surface area contributed by atoms with Crippen LogP contribution in [0.2, 0.25) is 0 Å². The molecule has 0 radical (unpaired) electrons. The summed E-state index contributed by atoms with van der Waals surface area (Å²) in [4.78, 5) is 0. The van der Waals surface area contributed by atoms with Crippen LogP contribution in [0, 0.1) is 0 Å². The average molecular weight is 179 g/mol. The van der Waals surface area contributed by atoms with E-state index in [2.05, 4.69) is 13.8 Å². The number of hydrogen-bond donors (Lipinski definition) is 0. The summed E-state index contributed by atoms with van der Waals surface area (Å²) in [7, 11) is 0. The molecule has 0 saturated carbocycles. The van der Waals surface area contributed by atoms with Crippen LogP contribution >= 0.6 is 11.6 Å². The van der Waals surface area contributed by atoms with Crippen LogP contribution in [0.1, 0.15) is 26.7 Å². The Kier molecular flexibility index (Phi) is 3.63. The molecule has 11 heavy (non-hydrogen) atoms. The van der Waals surface area contributed by atoms with Crippen molar-refractivity contribution < 1.29 is 9.47 Å². The van der Waals surface area contributed by atoms with E-state index in [0.717, 1.165) is 12.8 Å². The first-order chi connectivity index (χ1) is 5.22. The molecule has 0 N–H and O–H groups in total. The second kappa shape index (κ2) is 4.29. The first-order valence-corrected chi connectivity index (χ1v) is 4.62. The Balaban J connectivity index is 2.41. The van der Waals surface area contributed by atoms with Crippen LogP contribution in [-0.4, -0.2) is 24.4 Å². The van der Waals surface area contributed by atoms with Crippen LogP contribution in [0.5, 0.6) is 0 Å². The number of hydrogen-bond acceptors (Lipinski definition) is 2. The van der Waals surface area contributed by atoms with Crippen molar-refractivity contribution in [3.05, 3.63) is 0 Å². The molecule has 1 saturated heterocycles. The standard InChI is InChI=1S/C8H15ClO2/c1-6-3-4-7(2)11-8(5-9)10-6/h6-8H,3-5H2,1-2H3. The number of ether oxygens (including phenoxy) is 2. The summed E-state index contributed by atoms with van der Waals surface area (Å²) in [5, 5.41) is 0. The van der Waals surface area contributed by atoms with Crippen LogP contribution in [0.15, 0.2) is 0 Å². The molecule has 0 aliphatic carbocycles. The first kappa shape index (κ1) is 9.30. The summed E-state index contributed by atoms with van der Waals surface area (Å²) in [5.41, 5.74) is 0. The minimum atomic E-state index is -0.204. The van der Waals surface area contributed by atoms with Crippen molar-refractivity contribution in [2.45, 2.75) is 45.2 Å². The van der Waals surface area contributed by atoms with Gasteiger partial charge in [0.1, 0.15) is 0 Å².